The molecule has 1 atom stereocenters. The minimum atomic E-state index is -2.96. The van der Waals surface area contributed by atoms with Gasteiger partial charge >= 0.3 is 5.97 Å². The standard InChI is InChI=1S/C12H14F2O2/c1-9(7-11(15)16)8-12(13,14)10-5-3-2-4-6-10/h2-6,9H,7-8H2,1H3,(H,15,16). The van der Waals surface area contributed by atoms with E-state index >= 15 is 0 Å². The fraction of sp³-hybridized carbons (Fsp3) is 0.417. The van der Waals surface area contributed by atoms with Crippen LogP contribution in [-0.2, 0) is 10.7 Å². The Morgan fingerprint density at radius 3 is 2.44 bits per heavy atom. The molecule has 0 saturated heterocycles. The van der Waals surface area contributed by atoms with Crippen LogP contribution in [0.15, 0.2) is 30.3 Å². The highest BCUT2D eigenvalue weighted by Gasteiger charge is 2.33. The Morgan fingerprint density at radius 2 is 1.94 bits per heavy atom. The van der Waals surface area contributed by atoms with Crippen LogP contribution < -0.4 is 0 Å². The molecule has 0 spiro atoms. The van der Waals surface area contributed by atoms with Gasteiger partial charge in [0, 0.05) is 18.4 Å². The Bertz CT molecular complexity index is 349. The summed E-state index contributed by atoms with van der Waals surface area (Å²) >= 11 is 0. The molecule has 0 amide bonds. The number of carbonyl (C=O) groups is 1. The molecule has 0 radical (unpaired) electrons. The molecule has 1 aromatic carbocycles. The summed E-state index contributed by atoms with van der Waals surface area (Å²) in [5.41, 5.74) is -0.0627. The van der Waals surface area contributed by atoms with Crippen molar-refractivity contribution in [1.82, 2.24) is 0 Å². The molecule has 1 rings (SSSR count). The fourth-order valence-electron chi connectivity index (χ4n) is 1.61. The summed E-state index contributed by atoms with van der Waals surface area (Å²) in [6.07, 6.45) is -0.675. The smallest absolute Gasteiger partial charge is 0.303 e. The zero-order valence-electron chi connectivity index (χ0n) is 8.99. The highest BCUT2D eigenvalue weighted by Crippen LogP contribution is 2.35. The van der Waals surface area contributed by atoms with Crippen molar-refractivity contribution in [2.24, 2.45) is 5.92 Å². The minimum Gasteiger partial charge on any atom is -0.481 e. The molecule has 1 aromatic rings. The lowest BCUT2D eigenvalue weighted by molar-refractivity contribution is -0.138. The van der Waals surface area contributed by atoms with Gasteiger partial charge in [0.05, 0.1) is 0 Å². The van der Waals surface area contributed by atoms with Gasteiger partial charge in [-0.05, 0) is 5.92 Å². The monoisotopic (exact) mass is 228 g/mol. The predicted octanol–water partition coefficient (Wildman–Crippen LogP) is 3.28. The van der Waals surface area contributed by atoms with E-state index in [4.69, 9.17) is 5.11 Å². The third-order valence-electron chi connectivity index (χ3n) is 2.32. The van der Waals surface area contributed by atoms with Gasteiger partial charge in [-0.25, -0.2) is 8.78 Å². The van der Waals surface area contributed by atoms with Crippen molar-refractivity contribution >= 4 is 5.97 Å². The first-order valence-corrected chi connectivity index (χ1v) is 5.07. The van der Waals surface area contributed by atoms with Crippen LogP contribution in [-0.4, -0.2) is 11.1 Å². The lowest BCUT2D eigenvalue weighted by atomic mass is 9.95. The molecular formula is C12H14F2O2. The van der Waals surface area contributed by atoms with Gasteiger partial charge in [-0.15, -0.1) is 0 Å². The lowest BCUT2D eigenvalue weighted by Crippen LogP contribution is -2.19. The summed E-state index contributed by atoms with van der Waals surface area (Å²) in [6.45, 7) is 1.52. The Morgan fingerprint density at radius 1 is 1.38 bits per heavy atom. The maximum absolute atomic E-state index is 13.7. The zero-order valence-corrected chi connectivity index (χ0v) is 8.99. The normalized spacial score (nSPS) is 13.4. The van der Waals surface area contributed by atoms with Crippen LogP contribution in [0.25, 0.3) is 0 Å². The van der Waals surface area contributed by atoms with Crippen molar-refractivity contribution in [2.75, 3.05) is 0 Å². The second-order valence-corrected chi connectivity index (χ2v) is 3.98. The van der Waals surface area contributed by atoms with E-state index in [0.717, 1.165) is 0 Å². The Balaban J connectivity index is 2.68. The largest absolute Gasteiger partial charge is 0.481 e. The predicted molar refractivity (Wildman–Crippen MR) is 56.4 cm³/mol. The third-order valence-corrected chi connectivity index (χ3v) is 2.32. The molecule has 0 saturated carbocycles. The van der Waals surface area contributed by atoms with Crippen LogP contribution in [0.4, 0.5) is 8.78 Å². The average molecular weight is 228 g/mol. The second kappa shape index (κ2) is 5.05. The summed E-state index contributed by atoms with van der Waals surface area (Å²) in [7, 11) is 0. The van der Waals surface area contributed by atoms with Gasteiger partial charge in [-0.1, -0.05) is 37.3 Å². The van der Waals surface area contributed by atoms with Crippen LogP contribution in [0.2, 0.25) is 0 Å². The number of aliphatic carboxylic acids is 1. The van der Waals surface area contributed by atoms with Crippen LogP contribution in [0, 0.1) is 5.92 Å². The average Bonchev–Trinajstić information content (AvgIpc) is 2.16. The number of alkyl halides is 2. The number of hydrogen-bond acceptors (Lipinski definition) is 1. The Hall–Kier alpha value is -1.45. The van der Waals surface area contributed by atoms with Gasteiger partial charge in [-0.3, -0.25) is 4.79 Å². The maximum atomic E-state index is 13.7. The van der Waals surface area contributed by atoms with E-state index in [0.29, 0.717) is 0 Å². The van der Waals surface area contributed by atoms with Gasteiger partial charge in [-0.2, -0.15) is 0 Å². The first-order valence-electron chi connectivity index (χ1n) is 5.07. The number of rotatable bonds is 5. The lowest BCUT2D eigenvalue weighted by Gasteiger charge is -2.19. The summed E-state index contributed by atoms with van der Waals surface area (Å²) in [6, 6.07) is 7.47. The van der Waals surface area contributed by atoms with E-state index in [-0.39, 0.29) is 12.0 Å². The van der Waals surface area contributed by atoms with E-state index in [1.54, 1.807) is 18.2 Å². The molecule has 0 fully saturated rings. The molecule has 1 N–H and O–H groups in total. The number of hydrogen-bond donors (Lipinski definition) is 1. The maximum Gasteiger partial charge on any atom is 0.303 e. The van der Waals surface area contributed by atoms with E-state index in [1.165, 1.54) is 19.1 Å². The van der Waals surface area contributed by atoms with Gasteiger partial charge in [0.25, 0.3) is 5.92 Å². The molecule has 0 aliphatic carbocycles. The second-order valence-electron chi connectivity index (χ2n) is 3.98. The zero-order chi connectivity index (χ0) is 12.2. The van der Waals surface area contributed by atoms with E-state index in [2.05, 4.69) is 0 Å². The van der Waals surface area contributed by atoms with Crippen molar-refractivity contribution in [2.45, 2.75) is 25.7 Å². The number of benzene rings is 1. The van der Waals surface area contributed by atoms with Crippen LogP contribution >= 0.6 is 0 Å². The molecule has 2 nitrogen and oxygen atoms in total. The molecule has 88 valence electrons. The van der Waals surface area contributed by atoms with E-state index < -0.39 is 24.2 Å². The third kappa shape index (κ3) is 3.61. The first-order chi connectivity index (χ1) is 7.42. The van der Waals surface area contributed by atoms with Gasteiger partial charge in [0.2, 0.25) is 0 Å². The number of carboxylic acids is 1. The highest BCUT2D eigenvalue weighted by atomic mass is 19.3. The van der Waals surface area contributed by atoms with Crippen LogP contribution in [0.5, 0.6) is 0 Å². The van der Waals surface area contributed by atoms with Crippen molar-refractivity contribution in [3.63, 3.8) is 0 Å². The molecule has 0 bridgehead atoms. The van der Waals surface area contributed by atoms with Gasteiger partial charge in [0.15, 0.2) is 0 Å². The fourth-order valence-corrected chi connectivity index (χ4v) is 1.61. The SMILES string of the molecule is CC(CC(=O)O)CC(F)(F)c1ccccc1. The van der Waals surface area contributed by atoms with E-state index in [1.807, 2.05) is 0 Å². The van der Waals surface area contributed by atoms with Crippen LogP contribution in [0.3, 0.4) is 0 Å². The van der Waals surface area contributed by atoms with Crippen molar-refractivity contribution in [3.8, 4) is 0 Å². The first kappa shape index (κ1) is 12.6. The molecule has 16 heavy (non-hydrogen) atoms. The van der Waals surface area contributed by atoms with Crippen molar-refractivity contribution in [3.05, 3.63) is 35.9 Å². The summed E-state index contributed by atoms with van der Waals surface area (Å²) in [5.74, 6) is -4.56. The number of carboxylic acid groups (broad SMARTS) is 1. The van der Waals surface area contributed by atoms with Crippen LogP contribution in [0.1, 0.15) is 25.3 Å². The number of halogens is 2. The molecule has 0 heterocycles. The minimum absolute atomic E-state index is 0.0627. The van der Waals surface area contributed by atoms with E-state index in [9.17, 15) is 13.6 Å². The summed E-state index contributed by atoms with van der Waals surface area (Å²) in [5, 5.41) is 8.51. The molecule has 4 heteroatoms. The molecule has 1 unspecified atom stereocenters. The molecule has 0 aliphatic rings. The Kier molecular flexibility index (Phi) is 3.99. The Labute approximate surface area is 92.9 Å². The molecule has 0 aromatic heterocycles. The van der Waals surface area contributed by atoms with Crippen molar-refractivity contribution < 1.29 is 18.7 Å². The highest BCUT2D eigenvalue weighted by molar-refractivity contribution is 5.66. The van der Waals surface area contributed by atoms with Gasteiger partial charge in [0.1, 0.15) is 0 Å². The molecule has 0 aliphatic heterocycles. The quantitative estimate of drug-likeness (QED) is 0.839. The topological polar surface area (TPSA) is 37.3 Å². The van der Waals surface area contributed by atoms with Crippen molar-refractivity contribution in [1.29, 1.82) is 0 Å². The summed E-state index contributed by atoms with van der Waals surface area (Å²) < 4.78 is 27.3. The van der Waals surface area contributed by atoms with Gasteiger partial charge < -0.3 is 5.11 Å². The molecular weight excluding hydrogens is 214 g/mol. The summed E-state index contributed by atoms with van der Waals surface area (Å²) in [4.78, 5) is 10.4.